The average molecular weight is 360 g/mol. The van der Waals surface area contributed by atoms with Crippen molar-refractivity contribution in [3.8, 4) is 0 Å². The zero-order valence-corrected chi connectivity index (χ0v) is 15.1. The second kappa shape index (κ2) is 9.94. The number of hydrogen-bond acceptors (Lipinski definition) is 6. The standard InChI is InChI=1S/C15H28N4O6/c1-6(2)10(16)13(22)19-11(9(5)20)14(23)17-7(3)12(21)18-8(4)15(24)25/h6-11,20H,16H2,1-5H3,(H,17,23)(H,18,21)(H,19,22)(H,24,25). The van der Waals surface area contributed by atoms with Gasteiger partial charge in [-0.05, 0) is 26.7 Å². The lowest BCUT2D eigenvalue weighted by Gasteiger charge is -2.25. The van der Waals surface area contributed by atoms with Crippen molar-refractivity contribution in [2.24, 2.45) is 11.7 Å². The Morgan fingerprint density at radius 1 is 0.800 bits per heavy atom. The fraction of sp³-hybridized carbons (Fsp3) is 0.733. The Labute approximate surface area is 146 Å². The highest BCUT2D eigenvalue weighted by molar-refractivity contribution is 5.94. The summed E-state index contributed by atoms with van der Waals surface area (Å²) in [7, 11) is 0. The van der Waals surface area contributed by atoms with Crippen LogP contribution in [-0.2, 0) is 19.2 Å². The van der Waals surface area contributed by atoms with E-state index in [0.29, 0.717) is 0 Å². The van der Waals surface area contributed by atoms with E-state index in [0.717, 1.165) is 0 Å². The minimum atomic E-state index is -1.30. The third kappa shape index (κ3) is 7.48. The van der Waals surface area contributed by atoms with Crippen LogP contribution in [0, 0.1) is 5.92 Å². The van der Waals surface area contributed by atoms with Crippen LogP contribution in [0.3, 0.4) is 0 Å². The molecule has 0 aromatic heterocycles. The lowest BCUT2D eigenvalue weighted by molar-refractivity contribution is -0.141. The molecule has 0 rings (SSSR count). The Bertz CT molecular complexity index is 508. The summed E-state index contributed by atoms with van der Waals surface area (Å²) in [5.74, 6) is -3.49. The zero-order valence-electron chi connectivity index (χ0n) is 15.1. The van der Waals surface area contributed by atoms with Gasteiger partial charge in [0, 0.05) is 0 Å². The molecule has 0 heterocycles. The van der Waals surface area contributed by atoms with Crippen LogP contribution in [0.4, 0.5) is 0 Å². The quantitative estimate of drug-likeness (QED) is 0.274. The number of carbonyl (C=O) groups excluding carboxylic acids is 3. The highest BCUT2D eigenvalue weighted by atomic mass is 16.4. The maximum atomic E-state index is 12.2. The molecule has 0 radical (unpaired) electrons. The second-order valence-corrected chi connectivity index (χ2v) is 6.30. The van der Waals surface area contributed by atoms with Crippen LogP contribution >= 0.6 is 0 Å². The van der Waals surface area contributed by atoms with Crippen LogP contribution in [0.25, 0.3) is 0 Å². The molecule has 7 N–H and O–H groups in total. The molecule has 0 aromatic rings. The maximum absolute atomic E-state index is 12.2. The molecule has 0 spiro atoms. The SMILES string of the molecule is CC(NC(=O)C(C)NC(=O)C(NC(=O)C(N)C(C)C)C(C)O)C(=O)O. The van der Waals surface area contributed by atoms with Gasteiger partial charge in [0.1, 0.15) is 18.1 Å². The summed E-state index contributed by atoms with van der Waals surface area (Å²) in [6.07, 6.45) is -1.23. The summed E-state index contributed by atoms with van der Waals surface area (Å²) in [4.78, 5) is 46.8. The van der Waals surface area contributed by atoms with E-state index in [-0.39, 0.29) is 5.92 Å². The van der Waals surface area contributed by atoms with Crippen LogP contribution in [0.5, 0.6) is 0 Å². The number of nitrogens with two attached hydrogens (primary N) is 1. The van der Waals surface area contributed by atoms with Gasteiger partial charge >= 0.3 is 5.97 Å². The Kier molecular flexibility index (Phi) is 9.07. The first-order valence-electron chi connectivity index (χ1n) is 7.96. The van der Waals surface area contributed by atoms with Crippen molar-refractivity contribution < 1.29 is 29.4 Å². The fourth-order valence-electron chi connectivity index (χ4n) is 1.73. The lowest BCUT2D eigenvalue weighted by Crippen LogP contribution is -2.59. The number of aliphatic carboxylic acids is 1. The maximum Gasteiger partial charge on any atom is 0.325 e. The van der Waals surface area contributed by atoms with E-state index in [9.17, 15) is 24.3 Å². The molecular formula is C15H28N4O6. The Hall–Kier alpha value is -2.20. The van der Waals surface area contributed by atoms with E-state index >= 15 is 0 Å². The molecule has 10 nitrogen and oxygen atoms in total. The number of hydrogen-bond donors (Lipinski definition) is 6. The molecule has 5 unspecified atom stereocenters. The highest BCUT2D eigenvalue weighted by Crippen LogP contribution is 2.01. The van der Waals surface area contributed by atoms with Gasteiger partial charge in [0.2, 0.25) is 17.7 Å². The number of carboxylic acids is 1. The number of nitrogens with one attached hydrogen (secondary N) is 3. The van der Waals surface area contributed by atoms with Gasteiger partial charge in [0.25, 0.3) is 0 Å². The number of carboxylic acid groups (broad SMARTS) is 1. The summed E-state index contributed by atoms with van der Waals surface area (Å²) >= 11 is 0. The van der Waals surface area contributed by atoms with Crippen LogP contribution in [0.2, 0.25) is 0 Å². The first-order chi connectivity index (χ1) is 11.4. The Morgan fingerprint density at radius 3 is 1.68 bits per heavy atom. The highest BCUT2D eigenvalue weighted by Gasteiger charge is 2.30. The number of carbonyl (C=O) groups is 4. The summed E-state index contributed by atoms with van der Waals surface area (Å²) in [5, 5.41) is 25.4. The fourth-order valence-corrected chi connectivity index (χ4v) is 1.73. The van der Waals surface area contributed by atoms with Crippen molar-refractivity contribution in [3.63, 3.8) is 0 Å². The first-order valence-corrected chi connectivity index (χ1v) is 7.96. The summed E-state index contributed by atoms with van der Waals surface area (Å²) < 4.78 is 0. The molecule has 10 heteroatoms. The minimum Gasteiger partial charge on any atom is -0.480 e. The van der Waals surface area contributed by atoms with Gasteiger partial charge in [-0.1, -0.05) is 13.8 Å². The third-order valence-corrected chi connectivity index (χ3v) is 3.56. The largest absolute Gasteiger partial charge is 0.480 e. The van der Waals surface area contributed by atoms with Crippen LogP contribution in [0.1, 0.15) is 34.6 Å². The van der Waals surface area contributed by atoms with E-state index in [2.05, 4.69) is 16.0 Å². The van der Waals surface area contributed by atoms with Crippen molar-refractivity contribution >= 4 is 23.7 Å². The minimum absolute atomic E-state index is 0.167. The first kappa shape index (κ1) is 22.8. The number of rotatable bonds is 9. The van der Waals surface area contributed by atoms with E-state index in [1.54, 1.807) is 13.8 Å². The molecule has 0 aliphatic heterocycles. The van der Waals surface area contributed by atoms with E-state index in [1.165, 1.54) is 20.8 Å². The number of aliphatic hydroxyl groups is 1. The van der Waals surface area contributed by atoms with Gasteiger partial charge in [-0.2, -0.15) is 0 Å². The van der Waals surface area contributed by atoms with Crippen LogP contribution < -0.4 is 21.7 Å². The van der Waals surface area contributed by atoms with Gasteiger partial charge in [-0.3, -0.25) is 19.2 Å². The van der Waals surface area contributed by atoms with Gasteiger partial charge in [-0.15, -0.1) is 0 Å². The third-order valence-electron chi connectivity index (χ3n) is 3.56. The number of amides is 3. The van der Waals surface area contributed by atoms with Gasteiger partial charge in [-0.25, -0.2) is 0 Å². The molecule has 0 fully saturated rings. The monoisotopic (exact) mass is 360 g/mol. The Morgan fingerprint density at radius 2 is 1.28 bits per heavy atom. The molecule has 25 heavy (non-hydrogen) atoms. The molecule has 5 atom stereocenters. The molecular weight excluding hydrogens is 332 g/mol. The predicted octanol–water partition coefficient (Wildman–Crippen LogP) is -2.07. The predicted molar refractivity (Wildman–Crippen MR) is 89.3 cm³/mol. The molecule has 0 aliphatic rings. The van der Waals surface area contributed by atoms with Gasteiger partial charge < -0.3 is 31.9 Å². The normalized spacial score (nSPS) is 17.0. The second-order valence-electron chi connectivity index (χ2n) is 6.30. The summed E-state index contributed by atoms with van der Waals surface area (Å²) in [6, 6.07) is -4.34. The van der Waals surface area contributed by atoms with E-state index in [1.807, 2.05) is 0 Å². The van der Waals surface area contributed by atoms with Gasteiger partial charge in [0.15, 0.2) is 0 Å². The van der Waals surface area contributed by atoms with E-state index in [4.69, 9.17) is 10.8 Å². The molecule has 0 saturated carbocycles. The number of aliphatic hydroxyl groups excluding tert-OH is 1. The summed E-state index contributed by atoms with van der Waals surface area (Å²) in [5.41, 5.74) is 5.70. The topological polar surface area (TPSA) is 171 Å². The van der Waals surface area contributed by atoms with Crippen molar-refractivity contribution in [3.05, 3.63) is 0 Å². The van der Waals surface area contributed by atoms with Crippen LogP contribution in [-0.4, -0.2) is 64.2 Å². The molecule has 144 valence electrons. The van der Waals surface area contributed by atoms with Crippen molar-refractivity contribution in [2.45, 2.75) is 64.9 Å². The molecule has 0 aliphatic carbocycles. The van der Waals surface area contributed by atoms with Crippen LogP contribution in [0.15, 0.2) is 0 Å². The average Bonchev–Trinajstić information content (AvgIpc) is 2.50. The van der Waals surface area contributed by atoms with Crippen molar-refractivity contribution in [1.29, 1.82) is 0 Å². The summed E-state index contributed by atoms with van der Waals surface area (Å²) in [6.45, 7) is 7.40. The lowest BCUT2D eigenvalue weighted by atomic mass is 10.0. The van der Waals surface area contributed by atoms with Gasteiger partial charge in [0.05, 0.1) is 12.1 Å². The molecule has 0 bridgehead atoms. The smallest absolute Gasteiger partial charge is 0.325 e. The molecule has 0 aromatic carbocycles. The Balaban J connectivity index is 4.87. The molecule has 3 amide bonds. The van der Waals surface area contributed by atoms with E-state index < -0.39 is 54.0 Å². The van der Waals surface area contributed by atoms with Crippen molar-refractivity contribution in [1.82, 2.24) is 16.0 Å². The molecule has 0 saturated heterocycles. The van der Waals surface area contributed by atoms with Crippen molar-refractivity contribution in [2.75, 3.05) is 0 Å². The zero-order chi connectivity index (χ0) is 19.9.